The number of sulfonamides is 1. The lowest BCUT2D eigenvalue weighted by atomic mass is 10.3. The summed E-state index contributed by atoms with van der Waals surface area (Å²) in [6.45, 7) is 0. The summed E-state index contributed by atoms with van der Waals surface area (Å²) in [5.41, 5.74) is 5.50. The zero-order chi connectivity index (χ0) is 16.3. The number of phenols is 1. The molecule has 0 aliphatic heterocycles. The molecule has 2 aromatic carbocycles. The highest BCUT2D eigenvalue weighted by Gasteiger charge is 2.19. The molecule has 2 aromatic rings. The first-order valence-electron chi connectivity index (χ1n) is 5.96. The van der Waals surface area contributed by atoms with E-state index in [1.165, 1.54) is 30.3 Å². The minimum atomic E-state index is -4.04. The van der Waals surface area contributed by atoms with Gasteiger partial charge >= 0.3 is 6.03 Å². The lowest BCUT2D eigenvalue weighted by molar-refractivity contribution is 0.259. The number of carbonyl (C=O) groups excluding carboxylic acids is 1. The van der Waals surface area contributed by atoms with Gasteiger partial charge in [0.1, 0.15) is 10.6 Å². The number of hydrogen-bond acceptors (Lipinski definition) is 4. The van der Waals surface area contributed by atoms with Crippen LogP contribution < -0.4 is 15.8 Å². The number of anilines is 2. The summed E-state index contributed by atoms with van der Waals surface area (Å²) in [6, 6.07) is 8.84. The van der Waals surface area contributed by atoms with Crippen LogP contribution in [0.2, 0.25) is 5.02 Å². The van der Waals surface area contributed by atoms with E-state index in [4.69, 9.17) is 17.3 Å². The van der Waals surface area contributed by atoms with Crippen LogP contribution in [-0.2, 0) is 10.0 Å². The fourth-order valence-electron chi connectivity index (χ4n) is 1.72. The molecule has 0 aliphatic rings. The molecule has 0 atom stereocenters. The van der Waals surface area contributed by atoms with Gasteiger partial charge in [-0.3, -0.25) is 4.72 Å². The average Bonchev–Trinajstić information content (AvgIpc) is 2.40. The Bertz CT molecular complexity index is 824. The van der Waals surface area contributed by atoms with Gasteiger partial charge in [0, 0.05) is 10.7 Å². The van der Waals surface area contributed by atoms with E-state index in [0.29, 0.717) is 5.69 Å². The molecule has 7 nitrogen and oxygen atoms in total. The van der Waals surface area contributed by atoms with Gasteiger partial charge in [-0.25, -0.2) is 13.2 Å². The van der Waals surface area contributed by atoms with E-state index in [2.05, 4.69) is 10.0 Å². The minimum absolute atomic E-state index is 0.169. The highest BCUT2D eigenvalue weighted by molar-refractivity contribution is 7.92. The van der Waals surface area contributed by atoms with Gasteiger partial charge in [0.2, 0.25) is 0 Å². The number of urea groups is 1. The highest BCUT2D eigenvalue weighted by atomic mass is 35.5. The molecule has 0 saturated carbocycles. The Morgan fingerprint density at radius 2 is 1.82 bits per heavy atom. The molecule has 0 fully saturated rings. The molecule has 0 aliphatic carbocycles. The Kier molecular flexibility index (Phi) is 4.43. The molecule has 116 valence electrons. The minimum Gasteiger partial charge on any atom is -0.507 e. The number of carbonyl (C=O) groups is 1. The van der Waals surface area contributed by atoms with Gasteiger partial charge in [0.05, 0.1) is 5.69 Å². The largest absolute Gasteiger partial charge is 0.507 e. The SMILES string of the molecule is NC(=O)Nc1cccc(NS(=O)(=O)c2cc(Cl)ccc2O)c1. The van der Waals surface area contributed by atoms with E-state index in [1.807, 2.05) is 0 Å². The molecule has 0 bridgehead atoms. The molecule has 2 amide bonds. The van der Waals surface area contributed by atoms with Gasteiger partial charge in [0.15, 0.2) is 0 Å². The maximum atomic E-state index is 12.3. The molecule has 5 N–H and O–H groups in total. The Labute approximate surface area is 131 Å². The third kappa shape index (κ3) is 3.80. The zero-order valence-corrected chi connectivity index (χ0v) is 12.6. The van der Waals surface area contributed by atoms with Crippen molar-refractivity contribution in [3.8, 4) is 5.75 Å². The van der Waals surface area contributed by atoms with E-state index in [-0.39, 0.29) is 15.6 Å². The van der Waals surface area contributed by atoms with Crippen molar-refractivity contribution in [3.63, 3.8) is 0 Å². The van der Waals surface area contributed by atoms with Gasteiger partial charge in [-0.2, -0.15) is 0 Å². The van der Waals surface area contributed by atoms with Crippen molar-refractivity contribution in [3.05, 3.63) is 47.5 Å². The number of nitrogens with one attached hydrogen (secondary N) is 2. The zero-order valence-electron chi connectivity index (χ0n) is 11.1. The van der Waals surface area contributed by atoms with Gasteiger partial charge in [-0.05, 0) is 36.4 Å². The molecule has 22 heavy (non-hydrogen) atoms. The molecular weight excluding hydrogens is 330 g/mol. The number of amides is 2. The van der Waals surface area contributed by atoms with Gasteiger partial charge in [-0.1, -0.05) is 17.7 Å². The molecule has 0 spiro atoms. The monoisotopic (exact) mass is 341 g/mol. The number of aromatic hydroxyl groups is 1. The van der Waals surface area contributed by atoms with Crippen LogP contribution in [0.4, 0.5) is 16.2 Å². The van der Waals surface area contributed by atoms with Crippen LogP contribution >= 0.6 is 11.6 Å². The van der Waals surface area contributed by atoms with Crippen molar-refractivity contribution in [2.45, 2.75) is 4.90 Å². The summed E-state index contributed by atoms with van der Waals surface area (Å²) in [4.78, 5) is 10.4. The van der Waals surface area contributed by atoms with Gasteiger partial charge in [-0.15, -0.1) is 0 Å². The molecule has 0 heterocycles. The first kappa shape index (κ1) is 15.9. The van der Waals surface area contributed by atoms with Gasteiger partial charge < -0.3 is 16.2 Å². The van der Waals surface area contributed by atoms with E-state index in [9.17, 15) is 18.3 Å². The molecule has 0 radical (unpaired) electrons. The predicted octanol–water partition coefficient (Wildman–Crippen LogP) is 2.34. The Morgan fingerprint density at radius 3 is 2.50 bits per heavy atom. The third-order valence-corrected chi connectivity index (χ3v) is 4.24. The summed E-state index contributed by atoms with van der Waals surface area (Å²) in [5.74, 6) is -0.427. The van der Waals surface area contributed by atoms with E-state index in [0.717, 1.165) is 6.07 Å². The second-order valence-corrected chi connectivity index (χ2v) is 6.37. The summed E-state index contributed by atoms with van der Waals surface area (Å²) >= 11 is 5.74. The maximum absolute atomic E-state index is 12.3. The smallest absolute Gasteiger partial charge is 0.316 e. The normalized spacial score (nSPS) is 11.0. The quantitative estimate of drug-likeness (QED) is 0.681. The van der Waals surface area contributed by atoms with Crippen molar-refractivity contribution in [1.29, 1.82) is 0 Å². The Morgan fingerprint density at radius 1 is 1.14 bits per heavy atom. The fraction of sp³-hybridized carbons (Fsp3) is 0. The van der Waals surface area contributed by atoms with Crippen LogP contribution in [0.15, 0.2) is 47.4 Å². The first-order valence-corrected chi connectivity index (χ1v) is 7.82. The fourth-order valence-corrected chi connectivity index (χ4v) is 3.13. The van der Waals surface area contributed by atoms with Crippen molar-refractivity contribution >= 4 is 39.0 Å². The number of rotatable bonds is 4. The van der Waals surface area contributed by atoms with Crippen LogP contribution in [0.5, 0.6) is 5.75 Å². The number of phenolic OH excluding ortho intramolecular Hbond substituents is 1. The Hall–Kier alpha value is -2.45. The van der Waals surface area contributed by atoms with Crippen molar-refractivity contribution in [1.82, 2.24) is 0 Å². The number of benzene rings is 2. The van der Waals surface area contributed by atoms with E-state index in [1.54, 1.807) is 6.07 Å². The summed E-state index contributed by atoms with van der Waals surface area (Å²) in [7, 11) is -4.04. The number of halogens is 1. The van der Waals surface area contributed by atoms with Crippen LogP contribution in [0.3, 0.4) is 0 Å². The predicted molar refractivity (Wildman–Crippen MR) is 83.6 cm³/mol. The lowest BCUT2D eigenvalue weighted by Crippen LogP contribution is -2.19. The molecule has 0 saturated heterocycles. The van der Waals surface area contributed by atoms with Gasteiger partial charge in [0.25, 0.3) is 10.0 Å². The second kappa shape index (κ2) is 6.12. The van der Waals surface area contributed by atoms with E-state index >= 15 is 0 Å². The highest BCUT2D eigenvalue weighted by Crippen LogP contribution is 2.28. The molecular formula is C13H12ClN3O4S. The lowest BCUT2D eigenvalue weighted by Gasteiger charge is -2.11. The molecule has 0 aromatic heterocycles. The van der Waals surface area contributed by atoms with Crippen molar-refractivity contribution < 1.29 is 18.3 Å². The maximum Gasteiger partial charge on any atom is 0.316 e. The Balaban J connectivity index is 2.33. The number of nitrogens with two attached hydrogens (primary N) is 1. The van der Waals surface area contributed by atoms with Crippen LogP contribution in [0, 0.1) is 0 Å². The third-order valence-electron chi connectivity index (χ3n) is 2.59. The molecule has 9 heteroatoms. The number of hydrogen-bond donors (Lipinski definition) is 4. The molecule has 0 unspecified atom stereocenters. The standard InChI is InChI=1S/C13H12ClN3O4S/c14-8-4-5-11(18)12(6-8)22(20,21)17-10-3-1-2-9(7-10)16-13(15)19/h1-7,17-18H,(H3,15,16,19). The van der Waals surface area contributed by atoms with Crippen LogP contribution in [0.1, 0.15) is 0 Å². The first-order chi connectivity index (χ1) is 10.3. The summed E-state index contributed by atoms with van der Waals surface area (Å²) < 4.78 is 26.8. The average molecular weight is 342 g/mol. The summed E-state index contributed by atoms with van der Waals surface area (Å²) in [5, 5.41) is 12.2. The van der Waals surface area contributed by atoms with Crippen LogP contribution in [0.25, 0.3) is 0 Å². The topological polar surface area (TPSA) is 122 Å². The van der Waals surface area contributed by atoms with Crippen molar-refractivity contribution in [2.75, 3.05) is 10.0 Å². The van der Waals surface area contributed by atoms with Crippen molar-refractivity contribution in [2.24, 2.45) is 5.73 Å². The van der Waals surface area contributed by atoms with E-state index < -0.39 is 21.8 Å². The molecule has 2 rings (SSSR count). The number of primary amides is 1. The van der Waals surface area contributed by atoms with Crippen LogP contribution in [-0.4, -0.2) is 19.6 Å². The second-order valence-electron chi connectivity index (χ2n) is 4.29. The summed E-state index contributed by atoms with van der Waals surface area (Å²) in [6.07, 6.45) is 0.